The summed E-state index contributed by atoms with van der Waals surface area (Å²) < 4.78 is 6.53. The van der Waals surface area contributed by atoms with Gasteiger partial charge in [0.25, 0.3) is 0 Å². The largest absolute Gasteiger partial charge is 0.462 e. The summed E-state index contributed by atoms with van der Waals surface area (Å²) in [6, 6.07) is 6.14. The van der Waals surface area contributed by atoms with E-state index in [1.54, 1.807) is 0 Å². The minimum Gasteiger partial charge on any atom is -0.462 e. The zero-order valence-corrected chi connectivity index (χ0v) is 24.6. The average molecular weight is 546 g/mol. The van der Waals surface area contributed by atoms with Crippen LogP contribution < -0.4 is 10.4 Å². The fourth-order valence-corrected chi connectivity index (χ4v) is 7.06. The van der Waals surface area contributed by atoms with Gasteiger partial charge >= 0.3 is 5.97 Å². The zero-order chi connectivity index (χ0) is 26.4. The molecule has 1 aromatic rings. The van der Waals surface area contributed by atoms with E-state index in [1.165, 1.54) is 38.7 Å². The van der Waals surface area contributed by atoms with Crippen molar-refractivity contribution < 1.29 is 9.53 Å². The molecule has 0 heterocycles. The van der Waals surface area contributed by atoms with Gasteiger partial charge in [-0.3, -0.25) is 0 Å². The molecule has 0 amide bonds. The van der Waals surface area contributed by atoms with E-state index in [-0.39, 0.29) is 27.6 Å². The van der Waals surface area contributed by atoms with E-state index in [4.69, 9.17) is 4.74 Å². The van der Waals surface area contributed by atoms with Gasteiger partial charge in [0, 0.05) is 15.3 Å². The molecule has 4 aliphatic carbocycles. The Morgan fingerprint density at radius 2 is 1.42 bits per heavy atom. The molecule has 0 aliphatic heterocycles. The maximum atomic E-state index is 12.8. The number of carbonyl (C=O) groups excluding carboxylic acids is 1. The number of ether oxygens (including phenoxy) is 1. The summed E-state index contributed by atoms with van der Waals surface area (Å²) in [6.07, 6.45) is 12.0. The molecule has 0 saturated heterocycles. The molecule has 36 heavy (non-hydrogen) atoms. The molecule has 2 atom stereocenters. The van der Waals surface area contributed by atoms with Crippen LogP contribution >= 0.6 is 15.9 Å². The molecule has 4 aliphatic rings. The van der Waals surface area contributed by atoms with Crippen LogP contribution in [-0.4, -0.2) is 12.6 Å². The van der Waals surface area contributed by atoms with Crippen molar-refractivity contribution in [2.24, 2.45) is 21.7 Å². The van der Waals surface area contributed by atoms with E-state index in [1.807, 2.05) is 13.0 Å². The van der Waals surface area contributed by atoms with E-state index >= 15 is 0 Å². The molecule has 0 aromatic heterocycles. The lowest BCUT2D eigenvalue weighted by molar-refractivity contribution is 0.0526. The van der Waals surface area contributed by atoms with Crippen LogP contribution in [-0.2, 0) is 4.74 Å². The molecule has 0 saturated carbocycles. The Bertz CT molecular complexity index is 1490. The van der Waals surface area contributed by atoms with Crippen molar-refractivity contribution in [1.29, 1.82) is 0 Å². The molecule has 0 bridgehead atoms. The van der Waals surface area contributed by atoms with Gasteiger partial charge in [0.2, 0.25) is 0 Å². The molecule has 0 spiro atoms. The molecule has 3 heteroatoms. The highest BCUT2D eigenvalue weighted by atomic mass is 79.9. The quantitative estimate of drug-likeness (QED) is 0.365. The number of hydrogen-bond donors (Lipinski definition) is 0. The molecule has 2 nitrogen and oxygen atoms in total. The number of hydrogen-bond acceptors (Lipinski definition) is 2. The summed E-state index contributed by atoms with van der Waals surface area (Å²) in [5.74, 6) is -0.268. The van der Waals surface area contributed by atoms with Crippen LogP contribution in [0.2, 0.25) is 0 Å². The Kier molecular flexibility index (Phi) is 5.48. The van der Waals surface area contributed by atoms with Gasteiger partial charge < -0.3 is 4.74 Å². The van der Waals surface area contributed by atoms with Gasteiger partial charge in [-0.15, -0.1) is 0 Å². The Morgan fingerprint density at radius 1 is 0.833 bits per heavy atom. The van der Waals surface area contributed by atoms with Gasteiger partial charge in [0.1, 0.15) is 0 Å². The van der Waals surface area contributed by atoms with Crippen molar-refractivity contribution in [3.05, 3.63) is 91.4 Å². The predicted octanol–water partition coefficient (Wildman–Crippen LogP) is 7.31. The third-order valence-corrected chi connectivity index (χ3v) is 9.44. The number of fused-ring (bicyclic) bond motifs is 1. The maximum Gasteiger partial charge on any atom is 0.338 e. The maximum absolute atomic E-state index is 12.8. The minimum absolute atomic E-state index is 0.0135. The second-order valence-electron chi connectivity index (χ2n) is 12.9. The molecule has 0 unspecified atom stereocenters. The first-order valence-corrected chi connectivity index (χ1v) is 13.8. The molecular weight excluding hydrogens is 508 g/mol. The Labute approximate surface area is 224 Å². The van der Waals surface area contributed by atoms with Crippen LogP contribution in [0.5, 0.6) is 0 Å². The highest BCUT2D eigenvalue weighted by Gasteiger charge is 2.58. The van der Waals surface area contributed by atoms with Crippen molar-refractivity contribution in [2.45, 2.75) is 62.3 Å². The normalized spacial score (nSPS) is 26.7. The van der Waals surface area contributed by atoms with Gasteiger partial charge in [0.05, 0.1) is 12.2 Å². The van der Waals surface area contributed by atoms with Crippen LogP contribution in [0.4, 0.5) is 0 Å². The summed E-state index contributed by atoms with van der Waals surface area (Å²) in [5.41, 5.74) is 7.94. The van der Waals surface area contributed by atoms with E-state index in [9.17, 15) is 4.79 Å². The third-order valence-electron chi connectivity index (χ3n) is 8.79. The molecule has 0 fully saturated rings. The van der Waals surface area contributed by atoms with Crippen LogP contribution in [0.15, 0.2) is 75.4 Å². The lowest BCUT2D eigenvalue weighted by Crippen LogP contribution is -2.55. The van der Waals surface area contributed by atoms with Gasteiger partial charge in [0.15, 0.2) is 0 Å². The molecule has 1 aromatic carbocycles. The Morgan fingerprint density at radius 3 is 2.00 bits per heavy atom. The summed E-state index contributed by atoms with van der Waals surface area (Å²) in [7, 11) is 0. The molecule has 0 N–H and O–H groups in total. The van der Waals surface area contributed by atoms with Crippen molar-refractivity contribution in [3.8, 4) is 0 Å². The predicted molar refractivity (Wildman–Crippen MR) is 153 cm³/mol. The number of allylic oxidation sites excluding steroid dienone is 10. The highest BCUT2D eigenvalue weighted by Crippen LogP contribution is 2.68. The minimum atomic E-state index is -0.295. The van der Waals surface area contributed by atoms with Gasteiger partial charge in [-0.05, 0) is 79.8 Å². The molecule has 5 rings (SSSR count). The Balaban J connectivity index is 2.02. The molecule has 188 valence electrons. The van der Waals surface area contributed by atoms with Crippen molar-refractivity contribution in [3.63, 3.8) is 0 Å². The summed E-state index contributed by atoms with van der Waals surface area (Å²) >= 11 is 3.99. The van der Waals surface area contributed by atoms with Crippen LogP contribution in [0.25, 0.3) is 11.1 Å². The summed E-state index contributed by atoms with van der Waals surface area (Å²) in [6.45, 7) is 20.6. The van der Waals surface area contributed by atoms with E-state index < -0.39 is 0 Å². The number of esters is 1. The second kappa shape index (κ2) is 7.81. The zero-order valence-electron chi connectivity index (χ0n) is 23.0. The monoisotopic (exact) mass is 544 g/mol. The highest BCUT2D eigenvalue weighted by molar-refractivity contribution is 9.12. The van der Waals surface area contributed by atoms with Crippen LogP contribution in [0.3, 0.4) is 0 Å². The first kappa shape index (κ1) is 25.3. The van der Waals surface area contributed by atoms with Crippen molar-refractivity contribution >= 4 is 33.0 Å². The number of carbonyl (C=O) groups is 1. The Hall–Kier alpha value is -2.39. The van der Waals surface area contributed by atoms with Crippen molar-refractivity contribution in [1.82, 2.24) is 0 Å². The summed E-state index contributed by atoms with van der Waals surface area (Å²) in [5, 5.41) is 2.35. The van der Waals surface area contributed by atoms with Gasteiger partial charge in [-0.25, -0.2) is 4.79 Å². The van der Waals surface area contributed by atoms with Crippen LogP contribution in [0.1, 0.15) is 72.7 Å². The number of halogens is 1. The lowest BCUT2D eigenvalue weighted by atomic mass is 9.45. The third kappa shape index (κ3) is 3.31. The molecule has 0 radical (unpaired) electrons. The SMILES string of the molecule is CCOC(=O)c1ccc2c(c1)=C1C=C(C(C)(C)C)C=C3C(Br)=CC4=CC(C(C)(C)C)=CC=2[C@@]4(C)[C@@]31C. The van der Waals surface area contributed by atoms with Gasteiger partial charge in [-0.1, -0.05) is 102 Å². The number of rotatable bonds is 2. The van der Waals surface area contributed by atoms with Gasteiger partial charge in [-0.2, -0.15) is 0 Å². The van der Waals surface area contributed by atoms with E-state index in [2.05, 4.69) is 114 Å². The standard InChI is InChI=1S/C33H37BrO2/c1-10-36-29(35)19-11-12-23-24(13-19)26-16-21(31(5,6)7)17-27-28(34)18-22-14-20(30(2,3)4)15-25(23)32(22,8)33(26,27)9/h11-18H,10H2,1-9H3/t32-,33+/m0/s1. The van der Waals surface area contributed by atoms with Crippen LogP contribution in [0, 0.1) is 21.7 Å². The fourth-order valence-electron chi connectivity index (χ4n) is 6.30. The lowest BCUT2D eigenvalue weighted by Gasteiger charge is -2.58. The van der Waals surface area contributed by atoms with Crippen molar-refractivity contribution in [2.75, 3.05) is 6.61 Å². The van der Waals surface area contributed by atoms with E-state index in [0.717, 1.165) is 9.70 Å². The second-order valence-corrected chi connectivity index (χ2v) is 13.8. The first-order valence-electron chi connectivity index (χ1n) is 13.0. The average Bonchev–Trinajstić information content (AvgIpc) is 2.77. The van der Waals surface area contributed by atoms with E-state index in [0.29, 0.717) is 12.2 Å². The first-order chi connectivity index (χ1) is 16.6. The molecular formula is C33H37BrO2. The summed E-state index contributed by atoms with van der Waals surface area (Å²) in [4.78, 5) is 12.8. The number of benzene rings is 1. The smallest absolute Gasteiger partial charge is 0.338 e. The fraction of sp³-hybridized carbons (Fsp3) is 0.424. The topological polar surface area (TPSA) is 26.3 Å².